The van der Waals surface area contributed by atoms with Gasteiger partial charge in [0.05, 0.1) is 24.7 Å². The van der Waals surface area contributed by atoms with E-state index >= 15 is 0 Å². The Hall–Kier alpha value is -2.52. The molecule has 0 aliphatic carbocycles. The average molecular weight is 528 g/mol. The number of hydrogen-bond donors (Lipinski definition) is 0. The summed E-state index contributed by atoms with van der Waals surface area (Å²) in [4.78, 5) is 11.5. The van der Waals surface area contributed by atoms with Gasteiger partial charge in [0.1, 0.15) is 12.2 Å². The summed E-state index contributed by atoms with van der Waals surface area (Å²) in [5, 5.41) is 12.0. The highest BCUT2D eigenvalue weighted by molar-refractivity contribution is 6.77. The highest BCUT2D eigenvalue weighted by atomic mass is 28.4. The van der Waals surface area contributed by atoms with Crippen molar-refractivity contribution < 1.29 is 23.6 Å². The van der Waals surface area contributed by atoms with Crippen LogP contribution in [0.2, 0.25) is 16.6 Å². The lowest BCUT2D eigenvalue weighted by Crippen LogP contribution is -2.53. The second-order valence-electron chi connectivity index (χ2n) is 10.6. The predicted molar refractivity (Wildman–Crippen MR) is 147 cm³/mol. The van der Waals surface area contributed by atoms with Crippen LogP contribution in [0.15, 0.2) is 72.6 Å². The number of ether oxygens (including phenoxy) is 3. The number of nitro groups is 1. The first kappa shape index (κ1) is 29.0. The normalized spacial score (nSPS) is 20.2. The quantitative estimate of drug-likeness (QED) is 0.161. The van der Waals surface area contributed by atoms with Crippen molar-refractivity contribution in [3.05, 3.63) is 93.9 Å². The van der Waals surface area contributed by atoms with Crippen molar-refractivity contribution in [3.8, 4) is 0 Å². The summed E-state index contributed by atoms with van der Waals surface area (Å²) in [5.41, 5.74) is 2.94. The molecule has 202 valence electrons. The van der Waals surface area contributed by atoms with Crippen LogP contribution in [0.5, 0.6) is 0 Å². The number of benzene rings is 2. The lowest BCUT2D eigenvalue weighted by molar-refractivity contribution is -0.447. The van der Waals surface area contributed by atoms with Crippen molar-refractivity contribution in [1.29, 1.82) is 0 Å². The van der Waals surface area contributed by atoms with Crippen LogP contribution in [0.4, 0.5) is 0 Å². The van der Waals surface area contributed by atoms with Gasteiger partial charge in [-0.05, 0) is 27.8 Å². The fourth-order valence-electron chi connectivity index (χ4n) is 5.57. The molecule has 0 aromatic heterocycles. The Morgan fingerprint density at radius 1 is 0.838 bits per heavy atom. The zero-order valence-electron chi connectivity index (χ0n) is 22.8. The lowest BCUT2D eigenvalue weighted by atomic mass is 10.0. The van der Waals surface area contributed by atoms with Crippen LogP contribution >= 0.6 is 0 Å². The number of nitrogens with zero attached hydrogens (tertiary/aromatic N) is 1. The predicted octanol–water partition coefficient (Wildman–Crippen LogP) is 6.87. The topological polar surface area (TPSA) is 80.1 Å². The summed E-state index contributed by atoms with van der Waals surface area (Å²) >= 11 is 0. The standard InChI is InChI=1S/C29H41NO6Si/c1-21(2)37(22(3)4,23(5)6)36-20-27-29(35-18-25-15-11-8-12-16-25)28(26(19-33-27)30(31)32)34-17-24-13-9-7-10-14-24/h7-16,19,21-23,27-29H,17-18,20H2,1-6H3/t27-,28-,29+/m1/s1. The molecule has 1 aliphatic rings. The van der Waals surface area contributed by atoms with Crippen LogP contribution in [0.25, 0.3) is 0 Å². The molecule has 0 unspecified atom stereocenters. The molecule has 0 fully saturated rings. The van der Waals surface area contributed by atoms with E-state index in [0.29, 0.717) is 16.6 Å². The molecule has 0 N–H and O–H groups in total. The molecule has 0 saturated carbocycles. The van der Waals surface area contributed by atoms with E-state index < -0.39 is 31.6 Å². The Morgan fingerprint density at radius 2 is 1.32 bits per heavy atom. The molecule has 0 radical (unpaired) electrons. The minimum atomic E-state index is -2.19. The summed E-state index contributed by atoms with van der Waals surface area (Å²) in [7, 11) is -2.19. The van der Waals surface area contributed by atoms with Crippen molar-refractivity contribution in [2.24, 2.45) is 0 Å². The van der Waals surface area contributed by atoms with Crippen molar-refractivity contribution >= 4 is 8.32 Å². The van der Waals surface area contributed by atoms with Gasteiger partial charge in [0.2, 0.25) is 8.32 Å². The van der Waals surface area contributed by atoms with Crippen molar-refractivity contribution in [2.75, 3.05) is 6.61 Å². The third kappa shape index (κ3) is 7.07. The van der Waals surface area contributed by atoms with Crippen LogP contribution in [-0.2, 0) is 31.9 Å². The summed E-state index contributed by atoms with van der Waals surface area (Å²) in [6.45, 7) is 14.2. The van der Waals surface area contributed by atoms with Gasteiger partial charge >= 0.3 is 5.70 Å². The first-order valence-electron chi connectivity index (χ1n) is 13.1. The zero-order chi connectivity index (χ0) is 27.0. The van der Waals surface area contributed by atoms with Gasteiger partial charge in [-0.3, -0.25) is 10.1 Å². The minimum absolute atomic E-state index is 0.148. The largest absolute Gasteiger partial charge is 0.486 e. The minimum Gasteiger partial charge on any atom is -0.486 e. The molecule has 3 rings (SSSR count). The fourth-order valence-corrected chi connectivity index (χ4v) is 11.0. The second-order valence-corrected chi connectivity index (χ2v) is 16.0. The van der Waals surface area contributed by atoms with E-state index in [2.05, 4.69) is 41.5 Å². The van der Waals surface area contributed by atoms with Gasteiger partial charge in [0.25, 0.3) is 0 Å². The van der Waals surface area contributed by atoms with E-state index in [9.17, 15) is 10.1 Å². The molecule has 2 aromatic carbocycles. The van der Waals surface area contributed by atoms with Crippen LogP contribution in [-0.4, -0.2) is 38.2 Å². The third-order valence-corrected chi connectivity index (χ3v) is 13.4. The zero-order valence-corrected chi connectivity index (χ0v) is 23.8. The molecule has 3 atom stereocenters. The maximum atomic E-state index is 12.0. The molecule has 37 heavy (non-hydrogen) atoms. The summed E-state index contributed by atoms with van der Waals surface area (Å²) < 4.78 is 25.3. The first-order chi connectivity index (χ1) is 17.7. The van der Waals surface area contributed by atoms with Crippen LogP contribution in [0, 0.1) is 10.1 Å². The van der Waals surface area contributed by atoms with E-state index in [1.807, 2.05) is 60.7 Å². The average Bonchev–Trinajstić information content (AvgIpc) is 2.87. The fraction of sp³-hybridized carbons (Fsp3) is 0.517. The van der Waals surface area contributed by atoms with Gasteiger partial charge in [-0.1, -0.05) is 102 Å². The number of hydrogen-bond acceptors (Lipinski definition) is 6. The van der Waals surface area contributed by atoms with Crippen molar-refractivity contribution in [1.82, 2.24) is 0 Å². The van der Waals surface area contributed by atoms with E-state index in [1.54, 1.807) is 0 Å². The molecule has 1 heterocycles. The third-order valence-electron chi connectivity index (χ3n) is 7.29. The molecule has 1 aliphatic heterocycles. The van der Waals surface area contributed by atoms with E-state index in [0.717, 1.165) is 11.1 Å². The SMILES string of the molecule is CC(C)[Si](OC[C@H]1OC=C([N+](=O)[O-])[C@@H](OCc2ccccc2)[C@H]1OCc1ccccc1)(C(C)C)C(C)C. The Morgan fingerprint density at radius 3 is 1.78 bits per heavy atom. The smallest absolute Gasteiger partial charge is 0.311 e. The summed E-state index contributed by atoms with van der Waals surface area (Å²) in [6, 6.07) is 19.4. The van der Waals surface area contributed by atoms with Crippen molar-refractivity contribution in [2.45, 2.75) is 89.7 Å². The Balaban J connectivity index is 1.89. The highest BCUT2D eigenvalue weighted by Crippen LogP contribution is 2.42. The molecule has 2 aromatic rings. The second kappa shape index (κ2) is 13.3. The molecule has 0 saturated heterocycles. The Kier molecular flexibility index (Phi) is 10.5. The summed E-state index contributed by atoms with van der Waals surface area (Å²) in [5.74, 6) is 0. The van der Waals surface area contributed by atoms with Gasteiger partial charge in [-0.2, -0.15) is 0 Å². The van der Waals surface area contributed by atoms with Gasteiger partial charge < -0.3 is 18.6 Å². The maximum absolute atomic E-state index is 12.0. The van der Waals surface area contributed by atoms with Gasteiger partial charge in [-0.15, -0.1) is 0 Å². The van der Waals surface area contributed by atoms with Crippen LogP contribution < -0.4 is 0 Å². The monoisotopic (exact) mass is 527 g/mol. The molecule has 0 amide bonds. The number of rotatable bonds is 13. The van der Waals surface area contributed by atoms with E-state index in [4.69, 9.17) is 18.6 Å². The molecule has 0 bridgehead atoms. The van der Waals surface area contributed by atoms with Gasteiger partial charge in [0.15, 0.2) is 12.4 Å². The Bertz CT molecular complexity index is 990. The van der Waals surface area contributed by atoms with Crippen molar-refractivity contribution in [3.63, 3.8) is 0 Å². The molecule has 7 nitrogen and oxygen atoms in total. The molecule has 8 heteroatoms. The first-order valence-corrected chi connectivity index (χ1v) is 15.3. The van der Waals surface area contributed by atoms with E-state index in [1.165, 1.54) is 6.26 Å². The van der Waals surface area contributed by atoms with Crippen LogP contribution in [0.3, 0.4) is 0 Å². The maximum Gasteiger partial charge on any atom is 0.311 e. The lowest BCUT2D eigenvalue weighted by Gasteiger charge is -2.44. The molecule has 0 spiro atoms. The van der Waals surface area contributed by atoms with E-state index in [-0.39, 0.29) is 25.5 Å². The Labute approximate surface area is 222 Å². The molecular formula is C29H41NO6Si. The summed E-state index contributed by atoms with van der Waals surface area (Å²) in [6.07, 6.45) is -0.951. The molecular weight excluding hydrogens is 486 g/mol. The highest BCUT2D eigenvalue weighted by Gasteiger charge is 2.49. The van der Waals surface area contributed by atoms with Gasteiger partial charge in [0, 0.05) is 0 Å². The van der Waals surface area contributed by atoms with Gasteiger partial charge in [-0.25, -0.2) is 0 Å². The van der Waals surface area contributed by atoms with Crippen LogP contribution in [0.1, 0.15) is 52.7 Å².